The minimum atomic E-state index is 0.322. The molecule has 0 saturated carbocycles. The third kappa shape index (κ3) is 4.01. The van der Waals surface area contributed by atoms with Crippen LogP contribution < -0.4 is 0 Å². The van der Waals surface area contributed by atoms with Gasteiger partial charge in [-0.1, -0.05) is 55.1 Å². The lowest BCUT2D eigenvalue weighted by Crippen LogP contribution is -1.75. The third-order valence-electron chi connectivity index (χ3n) is 2.16. The molecule has 0 aliphatic heterocycles. The van der Waals surface area contributed by atoms with Crippen molar-refractivity contribution in [2.45, 2.75) is 6.92 Å². The van der Waals surface area contributed by atoms with Crippen LogP contribution in [0.3, 0.4) is 0 Å². The van der Waals surface area contributed by atoms with E-state index in [1.54, 1.807) is 24.3 Å². The molecule has 82 valence electrons. The smallest absolute Gasteiger partial charge is 0.115 e. The standard InChI is InChI=1S/C9H10.C6H6O/c1-3-9-7-5-4-6-8(9)2;7-6-4-2-1-3-5-6/h3-7H,1H2,2H3;1-5,7H. The van der Waals surface area contributed by atoms with Gasteiger partial charge in [0.25, 0.3) is 0 Å². The molecule has 1 nitrogen and oxygen atoms in total. The minimum Gasteiger partial charge on any atom is -0.508 e. The van der Waals surface area contributed by atoms with E-state index in [-0.39, 0.29) is 0 Å². The lowest BCUT2D eigenvalue weighted by Gasteiger charge is -1.95. The highest BCUT2D eigenvalue weighted by molar-refractivity contribution is 5.50. The molecule has 0 aliphatic rings. The van der Waals surface area contributed by atoms with Gasteiger partial charge in [-0.3, -0.25) is 0 Å². The fourth-order valence-electron chi connectivity index (χ4n) is 1.24. The molecule has 0 atom stereocenters. The highest BCUT2D eigenvalue weighted by Crippen LogP contribution is 2.06. The van der Waals surface area contributed by atoms with Crippen LogP contribution in [0.2, 0.25) is 0 Å². The monoisotopic (exact) mass is 212 g/mol. The van der Waals surface area contributed by atoms with Gasteiger partial charge in [0.05, 0.1) is 0 Å². The average molecular weight is 212 g/mol. The first kappa shape index (κ1) is 12.1. The van der Waals surface area contributed by atoms with Crippen LogP contribution in [0.4, 0.5) is 0 Å². The van der Waals surface area contributed by atoms with Crippen LogP contribution in [0.15, 0.2) is 61.2 Å². The van der Waals surface area contributed by atoms with Crippen molar-refractivity contribution in [3.05, 3.63) is 72.3 Å². The zero-order valence-corrected chi connectivity index (χ0v) is 9.43. The van der Waals surface area contributed by atoms with Gasteiger partial charge in [-0.25, -0.2) is 0 Å². The SMILES string of the molecule is C=Cc1ccccc1C.Oc1ccccc1. The molecule has 16 heavy (non-hydrogen) atoms. The number of aromatic hydroxyl groups is 1. The molecule has 0 aliphatic carbocycles. The van der Waals surface area contributed by atoms with Gasteiger partial charge in [0.1, 0.15) is 5.75 Å². The minimum absolute atomic E-state index is 0.322. The first-order valence-electron chi connectivity index (χ1n) is 5.16. The van der Waals surface area contributed by atoms with Gasteiger partial charge in [-0.05, 0) is 30.2 Å². The predicted molar refractivity (Wildman–Crippen MR) is 69.4 cm³/mol. The second-order valence-electron chi connectivity index (χ2n) is 3.40. The second-order valence-corrected chi connectivity index (χ2v) is 3.40. The Kier molecular flexibility index (Phi) is 4.87. The molecule has 2 rings (SSSR count). The van der Waals surface area contributed by atoms with Crippen LogP contribution in [-0.4, -0.2) is 5.11 Å². The molecule has 0 unspecified atom stereocenters. The summed E-state index contributed by atoms with van der Waals surface area (Å²) in [4.78, 5) is 0. The number of benzene rings is 2. The summed E-state index contributed by atoms with van der Waals surface area (Å²) in [5.41, 5.74) is 2.50. The average Bonchev–Trinajstić information content (AvgIpc) is 2.31. The maximum atomic E-state index is 8.63. The quantitative estimate of drug-likeness (QED) is 0.756. The van der Waals surface area contributed by atoms with Crippen molar-refractivity contribution in [1.29, 1.82) is 0 Å². The van der Waals surface area contributed by atoms with Gasteiger partial charge >= 0.3 is 0 Å². The van der Waals surface area contributed by atoms with E-state index in [2.05, 4.69) is 25.6 Å². The van der Waals surface area contributed by atoms with Gasteiger partial charge < -0.3 is 5.11 Å². The van der Waals surface area contributed by atoms with Gasteiger partial charge in [0.2, 0.25) is 0 Å². The topological polar surface area (TPSA) is 20.2 Å². The van der Waals surface area contributed by atoms with Gasteiger partial charge in [-0.15, -0.1) is 0 Å². The number of aryl methyl sites for hydroxylation is 1. The predicted octanol–water partition coefficient (Wildman–Crippen LogP) is 4.03. The Morgan fingerprint density at radius 1 is 0.938 bits per heavy atom. The molecule has 0 bridgehead atoms. The Morgan fingerprint density at radius 2 is 1.50 bits per heavy atom. The van der Waals surface area contributed by atoms with E-state index in [1.165, 1.54) is 11.1 Å². The zero-order chi connectivity index (χ0) is 11.8. The number of hydrogen-bond acceptors (Lipinski definition) is 1. The van der Waals surface area contributed by atoms with E-state index in [1.807, 2.05) is 24.3 Å². The van der Waals surface area contributed by atoms with Crippen LogP contribution in [-0.2, 0) is 0 Å². The number of phenolic OH excluding ortho intramolecular Hbond substituents is 1. The highest BCUT2D eigenvalue weighted by Gasteiger charge is 1.86. The first-order valence-corrected chi connectivity index (χ1v) is 5.16. The summed E-state index contributed by atoms with van der Waals surface area (Å²) in [6.07, 6.45) is 1.87. The van der Waals surface area contributed by atoms with E-state index < -0.39 is 0 Å². The summed E-state index contributed by atoms with van der Waals surface area (Å²) in [6, 6.07) is 16.9. The molecular weight excluding hydrogens is 196 g/mol. The van der Waals surface area contributed by atoms with Crippen molar-refractivity contribution < 1.29 is 5.11 Å². The van der Waals surface area contributed by atoms with Crippen molar-refractivity contribution in [2.24, 2.45) is 0 Å². The highest BCUT2D eigenvalue weighted by atomic mass is 16.3. The Bertz CT molecular complexity index is 432. The molecule has 0 radical (unpaired) electrons. The van der Waals surface area contributed by atoms with Crippen LogP contribution >= 0.6 is 0 Å². The molecule has 0 amide bonds. The summed E-state index contributed by atoms with van der Waals surface area (Å²) >= 11 is 0. The summed E-state index contributed by atoms with van der Waals surface area (Å²) in [7, 11) is 0. The lowest BCUT2D eigenvalue weighted by molar-refractivity contribution is 0.475. The Hall–Kier alpha value is -2.02. The molecule has 1 heteroatoms. The Balaban J connectivity index is 0.000000165. The second kappa shape index (κ2) is 6.46. The molecule has 0 heterocycles. The molecule has 0 saturated heterocycles. The van der Waals surface area contributed by atoms with Gasteiger partial charge in [0, 0.05) is 0 Å². The Labute approximate surface area is 96.7 Å². The number of rotatable bonds is 1. The maximum absolute atomic E-state index is 8.63. The molecular formula is C15H16O. The summed E-state index contributed by atoms with van der Waals surface area (Å²) in [5, 5.41) is 8.63. The van der Waals surface area contributed by atoms with Crippen LogP contribution in [0.25, 0.3) is 6.08 Å². The molecule has 0 aromatic heterocycles. The van der Waals surface area contributed by atoms with E-state index in [9.17, 15) is 0 Å². The fraction of sp³-hybridized carbons (Fsp3) is 0.0667. The molecule has 2 aromatic carbocycles. The third-order valence-corrected chi connectivity index (χ3v) is 2.16. The van der Waals surface area contributed by atoms with Crippen LogP contribution in [0, 0.1) is 6.92 Å². The molecule has 0 fully saturated rings. The van der Waals surface area contributed by atoms with E-state index in [0.717, 1.165) is 0 Å². The van der Waals surface area contributed by atoms with Crippen molar-refractivity contribution in [3.8, 4) is 5.75 Å². The maximum Gasteiger partial charge on any atom is 0.115 e. The molecule has 0 spiro atoms. The number of phenols is 1. The van der Waals surface area contributed by atoms with Crippen LogP contribution in [0.1, 0.15) is 11.1 Å². The molecule has 2 aromatic rings. The van der Waals surface area contributed by atoms with E-state index >= 15 is 0 Å². The normalized spacial score (nSPS) is 8.81. The zero-order valence-electron chi connectivity index (χ0n) is 9.43. The summed E-state index contributed by atoms with van der Waals surface area (Å²) < 4.78 is 0. The Morgan fingerprint density at radius 3 is 1.88 bits per heavy atom. The van der Waals surface area contributed by atoms with Crippen molar-refractivity contribution >= 4 is 6.08 Å². The summed E-state index contributed by atoms with van der Waals surface area (Å²) in [6.45, 7) is 5.77. The van der Waals surface area contributed by atoms with Crippen molar-refractivity contribution in [1.82, 2.24) is 0 Å². The number of hydrogen-bond donors (Lipinski definition) is 1. The van der Waals surface area contributed by atoms with E-state index in [4.69, 9.17) is 5.11 Å². The lowest BCUT2D eigenvalue weighted by atomic mass is 10.1. The molecule has 1 N–H and O–H groups in total. The van der Waals surface area contributed by atoms with Crippen molar-refractivity contribution in [3.63, 3.8) is 0 Å². The first-order chi connectivity index (χ1) is 7.74. The van der Waals surface area contributed by atoms with Crippen LogP contribution in [0.5, 0.6) is 5.75 Å². The number of para-hydroxylation sites is 1. The van der Waals surface area contributed by atoms with Crippen molar-refractivity contribution in [2.75, 3.05) is 0 Å². The fourth-order valence-corrected chi connectivity index (χ4v) is 1.24. The largest absolute Gasteiger partial charge is 0.508 e. The van der Waals surface area contributed by atoms with Gasteiger partial charge in [0.15, 0.2) is 0 Å². The summed E-state index contributed by atoms with van der Waals surface area (Å²) in [5.74, 6) is 0.322. The van der Waals surface area contributed by atoms with Gasteiger partial charge in [-0.2, -0.15) is 0 Å². The van der Waals surface area contributed by atoms with E-state index in [0.29, 0.717) is 5.75 Å².